The molecule has 0 aliphatic heterocycles. The molecular formula is C18H25BrIN5OS. The van der Waals surface area contributed by atoms with E-state index in [9.17, 15) is 4.79 Å². The molecule has 1 aromatic carbocycles. The monoisotopic (exact) mass is 565 g/mol. The van der Waals surface area contributed by atoms with E-state index in [1.54, 1.807) is 23.5 Å². The normalized spacial score (nSPS) is 10.9. The summed E-state index contributed by atoms with van der Waals surface area (Å²) < 4.78 is 0.889. The van der Waals surface area contributed by atoms with Crippen LogP contribution in [0.4, 0.5) is 0 Å². The van der Waals surface area contributed by atoms with Crippen molar-refractivity contribution in [2.24, 2.45) is 4.99 Å². The number of aromatic nitrogens is 1. The van der Waals surface area contributed by atoms with E-state index in [2.05, 4.69) is 47.2 Å². The van der Waals surface area contributed by atoms with Gasteiger partial charge in [-0.15, -0.1) is 35.3 Å². The Balaban J connectivity index is 0.00000364. The number of carbonyl (C=O) groups excluding carboxylic acids is 1. The van der Waals surface area contributed by atoms with Crippen LogP contribution >= 0.6 is 51.2 Å². The molecule has 1 amide bonds. The number of aliphatic imine (C=N–C) groups is 1. The second-order valence-electron chi connectivity index (χ2n) is 5.56. The second kappa shape index (κ2) is 13.1. The predicted octanol–water partition coefficient (Wildman–Crippen LogP) is 3.36. The van der Waals surface area contributed by atoms with Gasteiger partial charge in [0.05, 0.1) is 10.7 Å². The summed E-state index contributed by atoms with van der Waals surface area (Å²) in [6.07, 6.45) is 0.820. The zero-order valence-electron chi connectivity index (χ0n) is 15.4. The molecule has 9 heteroatoms. The first kappa shape index (κ1) is 23.8. The summed E-state index contributed by atoms with van der Waals surface area (Å²) in [6.45, 7) is 6.60. The van der Waals surface area contributed by atoms with Crippen LogP contribution in [0, 0.1) is 6.92 Å². The highest BCUT2D eigenvalue weighted by Gasteiger charge is 2.05. The fourth-order valence-electron chi connectivity index (χ4n) is 2.24. The van der Waals surface area contributed by atoms with Gasteiger partial charge in [-0.2, -0.15) is 0 Å². The van der Waals surface area contributed by atoms with Gasteiger partial charge in [0.25, 0.3) is 5.91 Å². The molecule has 148 valence electrons. The van der Waals surface area contributed by atoms with Gasteiger partial charge in [-0.3, -0.25) is 9.79 Å². The first-order chi connectivity index (χ1) is 12.6. The summed E-state index contributed by atoms with van der Waals surface area (Å²) in [6, 6.07) is 7.33. The van der Waals surface area contributed by atoms with E-state index >= 15 is 0 Å². The van der Waals surface area contributed by atoms with Crippen LogP contribution in [-0.2, 0) is 6.42 Å². The average molecular weight is 566 g/mol. The number of halogens is 2. The highest BCUT2D eigenvalue weighted by Crippen LogP contribution is 2.11. The molecule has 0 bridgehead atoms. The number of aryl methyl sites for hydroxylation is 1. The number of hydrogen-bond donors (Lipinski definition) is 3. The lowest BCUT2D eigenvalue weighted by atomic mass is 10.2. The Bertz CT molecular complexity index is 753. The molecule has 0 saturated carbocycles. The molecule has 3 N–H and O–H groups in total. The van der Waals surface area contributed by atoms with Crippen LogP contribution in [0.3, 0.4) is 0 Å². The van der Waals surface area contributed by atoms with E-state index in [0.29, 0.717) is 25.2 Å². The zero-order valence-corrected chi connectivity index (χ0v) is 20.2. The topological polar surface area (TPSA) is 78.4 Å². The van der Waals surface area contributed by atoms with Crippen LogP contribution < -0.4 is 16.0 Å². The minimum Gasteiger partial charge on any atom is -0.357 e. The van der Waals surface area contributed by atoms with Crippen molar-refractivity contribution in [2.45, 2.75) is 20.3 Å². The third kappa shape index (κ3) is 9.02. The third-order valence-electron chi connectivity index (χ3n) is 3.44. The van der Waals surface area contributed by atoms with E-state index in [-0.39, 0.29) is 29.9 Å². The zero-order chi connectivity index (χ0) is 18.8. The van der Waals surface area contributed by atoms with Gasteiger partial charge in [-0.25, -0.2) is 4.98 Å². The van der Waals surface area contributed by atoms with Crippen LogP contribution in [0.5, 0.6) is 0 Å². The standard InChI is InChI=1S/C18H24BrN5OS.HI/c1-3-20-18(22-8-7-16-12-26-13(2)24-16)23-10-9-21-17(25)14-5-4-6-15(19)11-14;/h4-6,11-12H,3,7-10H2,1-2H3,(H,21,25)(H2,20,22,23);1H. The average Bonchev–Trinajstić information content (AvgIpc) is 3.03. The van der Waals surface area contributed by atoms with Crippen molar-refractivity contribution in [2.75, 3.05) is 26.2 Å². The maximum atomic E-state index is 12.1. The summed E-state index contributed by atoms with van der Waals surface area (Å²) in [7, 11) is 0. The van der Waals surface area contributed by atoms with Crippen molar-refractivity contribution in [1.29, 1.82) is 0 Å². The first-order valence-corrected chi connectivity index (χ1v) is 10.2. The quantitative estimate of drug-likeness (QED) is 0.198. The predicted molar refractivity (Wildman–Crippen MR) is 126 cm³/mol. The third-order valence-corrected chi connectivity index (χ3v) is 4.75. The van der Waals surface area contributed by atoms with Crippen molar-refractivity contribution in [3.8, 4) is 0 Å². The molecule has 0 aliphatic carbocycles. The van der Waals surface area contributed by atoms with Gasteiger partial charge in [-0.1, -0.05) is 22.0 Å². The molecule has 0 fully saturated rings. The maximum absolute atomic E-state index is 12.1. The Morgan fingerprint density at radius 2 is 2.04 bits per heavy atom. The molecular weight excluding hydrogens is 541 g/mol. The Morgan fingerprint density at radius 1 is 1.26 bits per heavy atom. The Labute approximate surface area is 189 Å². The number of amides is 1. The molecule has 1 aromatic heterocycles. The lowest BCUT2D eigenvalue weighted by molar-refractivity contribution is 0.0954. The van der Waals surface area contributed by atoms with E-state index < -0.39 is 0 Å². The smallest absolute Gasteiger partial charge is 0.251 e. The van der Waals surface area contributed by atoms with Crippen molar-refractivity contribution < 1.29 is 4.79 Å². The largest absolute Gasteiger partial charge is 0.357 e. The molecule has 2 rings (SSSR count). The summed E-state index contributed by atoms with van der Waals surface area (Å²) in [5.74, 6) is 0.657. The molecule has 0 saturated heterocycles. The van der Waals surface area contributed by atoms with Crippen LogP contribution in [0.25, 0.3) is 0 Å². The van der Waals surface area contributed by atoms with E-state index in [1.165, 1.54) is 0 Å². The summed E-state index contributed by atoms with van der Waals surface area (Å²) in [4.78, 5) is 21.1. The van der Waals surface area contributed by atoms with Crippen LogP contribution in [-0.4, -0.2) is 43.0 Å². The van der Waals surface area contributed by atoms with Gasteiger partial charge < -0.3 is 16.0 Å². The van der Waals surface area contributed by atoms with Crippen molar-refractivity contribution in [1.82, 2.24) is 20.9 Å². The SMILES string of the molecule is CCNC(=NCCc1csc(C)n1)NCCNC(=O)c1cccc(Br)c1.I. The Hall–Kier alpha value is -1.20. The highest BCUT2D eigenvalue weighted by molar-refractivity contribution is 14.0. The second-order valence-corrected chi connectivity index (χ2v) is 7.54. The lowest BCUT2D eigenvalue weighted by Crippen LogP contribution is -2.41. The number of guanidine groups is 1. The molecule has 1 heterocycles. The van der Waals surface area contributed by atoms with Gasteiger partial charge in [0.15, 0.2) is 5.96 Å². The lowest BCUT2D eigenvalue weighted by Gasteiger charge is -2.12. The van der Waals surface area contributed by atoms with E-state index in [0.717, 1.165) is 34.1 Å². The molecule has 0 spiro atoms. The van der Waals surface area contributed by atoms with E-state index in [1.807, 2.05) is 26.0 Å². The molecule has 0 aliphatic rings. The van der Waals surface area contributed by atoms with Gasteiger partial charge in [0, 0.05) is 48.0 Å². The van der Waals surface area contributed by atoms with Crippen LogP contribution in [0.1, 0.15) is 28.0 Å². The number of carbonyl (C=O) groups is 1. The number of benzene rings is 1. The summed E-state index contributed by atoms with van der Waals surface area (Å²) in [5, 5.41) is 12.5. The van der Waals surface area contributed by atoms with Gasteiger partial charge in [-0.05, 0) is 32.0 Å². The molecule has 0 radical (unpaired) electrons. The fraction of sp³-hybridized carbons (Fsp3) is 0.389. The van der Waals surface area contributed by atoms with E-state index in [4.69, 9.17) is 0 Å². The van der Waals surface area contributed by atoms with Gasteiger partial charge >= 0.3 is 0 Å². The van der Waals surface area contributed by atoms with Crippen molar-refractivity contribution in [3.63, 3.8) is 0 Å². The summed E-state index contributed by atoms with van der Waals surface area (Å²) in [5.41, 5.74) is 1.71. The number of nitrogens with one attached hydrogen (secondary N) is 3. The Kier molecular flexibility index (Phi) is 11.5. The minimum atomic E-state index is -0.0889. The van der Waals surface area contributed by atoms with Crippen molar-refractivity contribution >= 4 is 63.1 Å². The molecule has 2 aromatic rings. The molecule has 0 atom stereocenters. The maximum Gasteiger partial charge on any atom is 0.251 e. The van der Waals surface area contributed by atoms with Crippen LogP contribution in [0.15, 0.2) is 39.1 Å². The number of hydrogen-bond acceptors (Lipinski definition) is 4. The number of rotatable bonds is 8. The Morgan fingerprint density at radius 3 is 2.70 bits per heavy atom. The highest BCUT2D eigenvalue weighted by atomic mass is 127. The number of thiazole rings is 1. The number of nitrogens with zero attached hydrogens (tertiary/aromatic N) is 2. The fourth-order valence-corrected chi connectivity index (χ4v) is 3.28. The van der Waals surface area contributed by atoms with Gasteiger partial charge in [0.1, 0.15) is 0 Å². The molecule has 6 nitrogen and oxygen atoms in total. The molecule has 0 unspecified atom stereocenters. The molecule has 27 heavy (non-hydrogen) atoms. The van der Waals surface area contributed by atoms with Gasteiger partial charge in [0.2, 0.25) is 0 Å². The summed E-state index contributed by atoms with van der Waals surface area (Å²) >= 11 is 5.03. The van der Waals surface area contributed by atoms with Crippen LogP contribution in [0.2, 0.25) is 0 Å². The van der Waals surface area contributed by atoms with Crippen molar-refractivity contribution in [3.05, 3.63) is 50.4 Å². The minimum absolute atomic E-state index is 0. The first-order valence-electron chi connectivity index (χ1n) is 8.55.